The Morgan fingerprint density at radius 2 is 1.74 bits per heavy atom. The summed E-state index contributed by atoms with van der Waals surface area (Å²) in [6, 6.07) is 12.4. The number of rotatable bonds is 4. The van der Waals surface area contributed by atoms with Gasteiger partial charge in [-0.3, -0.25) is 14.5 Å². The van der Waals surface area contributed by atoms with E-state index in [4.69, 9.17) is 11.6 Å². The van der Waals surface area contributed by atoms with Gasteiger partial charge in [0, 0.05) is 22.0 Å². The van der Waals surface area contributed by atoms with Crippen LogP contribution in [0.25, 0.3) is 11.8 Å². The summed E-state index contributed by atoms with van der Waals surface area (Å²) >= 11 is 6.82. The molecule has 0 saturated carbocycles. The Morgan fingerprint density at radius 3 is 2.45 bits per heavy atom. The summed E-state index contributed by atoms with van der Waals surface area (Å²) in [5.74, 6) is -1.47. The number of benzene rings is 2. The fourth-order valence-electron chi connectivity index (χ4n) is 3.56. The largest absolute Gasteiger partial charge is 0.315 e. The molecule has 1 fully saturated rings. The number of thioether (sulfide) groups is 1. The van der Waals surface area contributed by atoms with Crippen LogP contribution in [0.15, 0.2) is 53.4 Å². The van der Waals surface area contributed by atoms with Gasteiger partial charge in [0.2, 0.25) is 0 Å². The molecule has 2 amide bonds. The maximum atomic E-state index is 14.3. The van der Waals surface area contributed by atoms with Gasteiger partial charge in [-0.2, -0.15) is 0 Å². The number of nitrogens with zero attached hydrogens (tertiary/aromatic N) is 2. The zero-order valence-corrected chi connectivity index (χ0v) is 18.2. The van der Waals surface area contributed by atoms with E-state index < -0.39 is 17.0 Å². The minimum atomic E-state index is -0.580. The molecular formula is C23H17ClF2N2O2S. The van der Waals surface area contributed by atoms with Gasteiger partial charge in [0.25, 0.3) is 11.1 Å². The minimum Gasteiger partial charge on any atom is -0.315 e. The smallest absolute Gasteiger partial charge is 0.293 e. The lowest BCUT2D eigenvalue weighted by atomic mass is 10.2. The Hall–Kier alpha value is -2.90. The van der Waals surface area contributed by atoms with Crippen molar-refractivity contribution in [3.8, 4) is 5.69 Å². The van der Waals surface area contributed by atoms with Gasteiger partial charge < -0.3 is 4.57 Å². The number of aromatic nitrogens is 1. The molecular weight excluding hydrogens is 442 g/mol. The van der Waals surface area contributed by atoms with Crippen LogP contribution in [0.5, 0.6) is 0 Å². The molecule has 0 aliphatic carbocycles. The molecule has 0 bridgehead atoms. The van der Waals surface area contributed by atoms with Crippen molar-refractivity contribution in [3.63, 3.8) is 0 Å². The fraction of sp³-hybridized carbons (Fsp3) is 0.130. The van der Waals surface area contributed by atoms with Gasteiger partial charge in [0.1, 0.15) is 11.6 Å². The molecule has 1 aliphatic rings. The van der Waals surface area contributed by atoms with Gasteiger partial charge >= 0.3 is 0 Å². The van der Waals surface area contributed by atoms with Crippen molar-refractivity contribution in [1.29, 1.82) is 0 Å². The van der Waals surface area contributed by atoms with E-state index in [1.807, 2.05) is 19.9 Å². The zero-order valence-electron chi connectivity index (χ0n) is 16.7. The number of hydrogen-bond donors (Lipinski definition) is 0. The van der Waals surface area contributed by atoms with E-state index in [9.17, 15) is 18.4 Å². The first-order chi connectivity index (χ1) is 14.8. The molecule has 4 rings (SSSR count). The molecule has 1 aliphatic heterocycles. The lowest BCUT2D eigenvalue weighted by Gasteiger charge is -2.14. The third-order valence-corrected chi connectivity index (χ3v) is 6.36. The second-order valence-corrected chi connectivity index (χ2v) is 8.48. The SMILES string of the molecule is Cc1cc(/C=C2\SC(=O)N(Cc3c(F)cccc3Cl)C2=O)c(C)n1-c1ccccc1F. The molecule has 0 spiro atoms. The summed E-state index contributed by atoms with van der Waals surface area (Å²) in [6.45, 7) is 3.40. The molecule has 4 nitrogen and oxygen atoms in total. The zero-order chi connectivity index (χ0) is 22.3. The first-order valence-corrected chi connectivity index (χ1v) is 10.6. The lowest BCUT2D eigenvalue weighted by molar-refractivity contribution is -0.123. The first-order valence-electron chi connectivity index (χ1n) is 9.40. The average Bonchev–Trinajstić information content (AvgIpc) is 3.14. The molecule has 31 heavy (non-hydrogen) atoms. The summed E-state index contributed by atoms with van der Waals surface area (Å²) in [6.07, 6.45) is 1.60. The van der Waals surface area contributed by atoms with Crippen LogP contribution in [0.4, 0.5) is 13.6 Å². The van der Waals surface area contributed by atoms with Crippen molar-refractivity contribution in [2.75, 3.05) is 0 Å². The van der Waals surface area contributed by atoms with Crippen LogP contribution in [0, 0.1) is 25.5 Å². The third-order valence-electron chi connectivity index (χ3n) is 5.10. The predicted octanol–water partition coefficient (Wildman–Crippen LogP) is 6.26. The van der Waals surface area contributed by atoms with Gasteiger partial charge in [-0.25, -0.2) is 8.78 Å². The highest BCUT2D eigenvalue weighted by atomic mass is 35.5. The number of amides is 2. The van der Waals surface area contributed by atoms with Gasteiger partial charge in [-0.05, 0) is 67.6 Å². The van der Waals surface area contributed by atoms with Crippen LogP contribution in [0.3, 0.4) is 0 Å². The molecule has 0 atom stereocenters. The molecule has 1 aromatic heterocycles. The standard InChI is InChI=1S/C23H17ClF2N2O2S/c1-13-10-15(14(2)28(13)20-9-4-3-7-19(20)26)11-21-22(29)27(23(30)31-21)12-16-17(24)6-5-8-18(16)25/h3-11H,12H2,1-2H3/b21-11-. The van der Waals surface area contributed by atoms with Crippen molar-refractivity contribution in [2.24, 2.45) is 0 Å². The summed E-state index contributed by atoms with van der Waals surface area (Å²) in [5, 5.41) is -0.352. The van der Waals surface area contributed by atoms with Crippen LogP contribution >= 0.6 is 23.4 Å². The topological polar surface area (TPSA) is 42.3 Å². The maximum absolute atomic E-state index is 14.3. The van der Waals surface area contributed by atoms with Crippen LogP contribution in [0.2, 0.25) is 5.02 Å². The number of imide groups is 1. The van der Waals surface area contributed by atoms with Crippen LogP contribution in [0.1, 0.15) is 22.5 Å². The molecule has 0 N–H and O–H groups in total. The fourth-order valence-corrected chi connectivity index (χ4v) is 4.61. The predicted molar refractivity (Wildman–Crippen MR) is 118 cm³/mol. The number of halogens is 3. The molecule has 8 heteroatoms. The van der Waals surface area contributed by atoms with Crippen molar-refractivity contribution in [3.05, 3.63) is 92.6 Å². The number of para-hydroxylation sites is 1. The normalized spacial score (nSPS) is 15.4. The van der Waals surface area contributed by atoms with E-state index >= 15 is 0 Å². The highest BCUT2D eigenvalue weighted by Crippen LogP contribution is 2.36. The first kappa shape index (κ1) is 21.3. The minimum absolute atomic E-state index is 0.0884. The highest BCUT2D eigenvalue weighted by molar-refractivity contribution is 8.18. The number of carbonyl (C=O) groups excluding carboxylic acids is 2. The van der Waals surface area contributed by atoms with Crippen molar-refractivity contribution < 1.29 is 18.4 Å². The third kappa shape index (κ3) is 3.91. The molecule has 3 aromatic rings. The molecule has 0 radical (unpaired) electrons. The summed E-state index contributed by atoms with van der Waals surface area (Å²) in [7, 11) is 0. The summed E-state index contributed by atoms with van der Waals surface area (Å²) in [4.78, 5) is 26.5. The lowest BCUT2D eigenvalue weighted by Crippen LogP contribution is -2.28. The van der Waals surface area contributed by atoms with E-state index in [-0.39, 0.29) is 27.9 Å². The second kappa shape index (κ2) is 8.32. The van der Waals surface area contributed by atoms with Crippen LogP contribution < -0.4 is 0 Å². The molecule has 0 unspecified atom stereocenters. The Labute approximate surface area is 187 Å². The van der Waals surface area contributed by atoms with Crippen molar-refractivity contribution in [2.45, 2.75) is 20.4 Å². The second-order valence-electron chi connectivity index (χ2n) is 7.08. The van der Waals surface area contributed by atoms with Crippen molar-refractivity contribution >= 4 is 40.6 Å². The number of carbonyl (C=O) groups is 2. The summed E-state index contributed by atoms with van der Waals surface area (Å²) < 4.78 is 30.2. The Morgan fingerprint density at radius 1 is 1.03 bits per heavy atom. The van der Waals surface area contributed by atoms with Crippen molar-refractivity contribution in [1.82, 2.24) is 9.47 Å². The Kier molecular flexibility index (Phi) is 5.73. The van der Waals surface area contributed by atoms with Crippen LogP contribution in [-0.4, -0.2) is 20.6 Å². The van der Waals surface area contributed by atoms with Gasteiger partial charge in [0.05, 0.1) is 17.1 Å². The number of aryl methyl sites for hydroxylation is 1. The van der Waals surface area contributed by atoms with Gasteiger partial charge in [0.15, 0.2) is 0 Å². The molecule has 2 aromatic carbocycles. The van der Waals surface area contributed by atoms with E-state index in [0.717, 1.165) is 28.0 Å². The monoisotopic (exact) mass is 458 g/mol. The quantitative estimate of drug-likeness (QED) is 0.433. The molecule has 158 valence electrons. The van der Waals surface area contributed by atoms with E-state index in [2.05, 4.69) is 0 Å². The molecule has 2 heterocycles. The Balaban J connectivity index is 1.66. The molecule has 1 saturated heterocycles. The average molecular weight is 459 g/mol. The van der Waals surface area contributed by atoms with E-state index in [1.54, 1.807) is 28.8 Å². The maximum Gasteiger partial charge on any atom is 0.293 e. The van der Waals surface area contributed by atoms with Crippen LogP contribution in [-0.2, 0) is 11.3 Å². The van der Waals surface area contributed by atoms with E-state index in [0.29, 0.717) is 11.3 Å². The Bertz CT molecular complexity index is 1230. The number of hydrogen-bond acceptors (Lipinski definition) is 3. The van der Waals surface area contributed by atoms with Gasteiger partial charge in [-0.1, -0.05) is 29.8 Å². The highest BCUT2D eigenvalue weighted by Gasteiger charge is 2.36. The summed E-state index contributed by atoms with van der Waals surface area (Å²) in [5.41, 5.74) is 2.69. The van der Waals surface area contributed by atoms with E-state index in [1.165, 1.54) is 24.3 Å². The van der Waals surface area contributed by atoms with Gasteiger partial charge in [-0.15, -0.1) is 0 Å².